The number of fused-ring (bicyclic) bond motifs is 3. The molecule has 3 heteroatoms. The van der Waals surface area contributed by atoms with Gasteiger partial charge in [-0.05, 0) is 39.0 Å². The fourth-order valence-electron chi connectivity index (χ4n) is 2.84. The second-order valence-corrected chi connectivity index (χ2v) is 4.95. The van der Waals surface area contributed by atoms with E-state index in [2.05, 4.69) is 23.6 Å². The molecule has 3 saturated heterocycles. The maximum Gasteiger partial charge on any atom is 0.0516 e. The standard InChI is InChI=1S/C13H25N3/c1-3-15(4-2)10-7-14-13-11-16-8-5-12(13)6-9-16/h12H,3-11H2,1-2H3. The van der Waals surface area contributed by atoms with Crippen LogP contribution in [0, 0.1) is 5.92 Å². The zero-order chi connectivity index (χ0) is 11.4. The molecule has 0 aromatic carbocycles. The summed E-state index contributed by atoms with van der Waals surface area (Å²) in [6.45, 7) is 12.6. The van der Waals surface area contributed by atoms with Crippen molar-refractivity contribution in [3.05, 3.63) is 0 Å². The molecule has 0 spiro atoms. The summed E-state index contributed by atoms with van der Waals surface area (Å²) >= 11 is 0. The molecule has 0 atom stereocenters. The minimum absolute atomic E-state index is 0.821. The van der Waals surface area contributed by atoms with Crippen LogP contribution in [-0.2, 0) is 0 Å². The van der Waals surface area contributed by atoms with Gasteiger partial charge in [0.2, 0.25) is 0 Å². The average molecular weight is 223 g/mol. The van der Waals surface area contributed by atoms with Crippen LogP contribution < -0.4 is 0 Å². The molecular formula is C13H25N3. The molecule has 3 aliphatic heterocycles. The van der Waals surface area contributed by atoms with Crippen molar-refractivity contribution in [2.45, 2.75) is 26.7 Å². The summed E-state index contributed by atoms with van der Waals surface area (Å²) < 4.78 is 0. The lowest BCUT2D eigenvalue weighted by Crippen LogP contribution is -2.48. The summed E-state index contributed by atoms with van der Waals surface area (Å²) in [6.07, 6.45) is 2.70. The van der Waals surface area contributed by atoms with Crippen molar-refractivity contribution in [1.29, 1.82) is 0 Å². The fraction of sp³-hybridized carbons (Fsp3) is 0.923. The zero-order valence-corrected chi connectivity index (χ0v) is 10.8. The molecule has 3 aliphatic rings. The Hall–Kier alpha value is -0.410. The first kappa shape index (κ1) is 12.1. The molecule has 0 saturated carbocycles. The van der Waals surface area contributed by atoms with Crippen molar-refractivity contribution in [1.82, 2.24) is 9.80 Å². The van der Waals surface area contributed by atoms with Crippen LogP contribution in [0.5, 0.6) is 0 Å². The van der Waals surface area contributed by atoms with Crippen molar-refractivity contribution < 1.29 is 0 Å². The number of piperidine rings is 3. The number of nitrogens with zero attached hydrogens (tertiary/aromatic N) is 3. The highest BCUT2D eigenvalue weighted by Gasteiger charge is 2.30. The smallest absolute Gasteiger partial charge is 0.0516 e. The number of rotatable bonds is 5. The van der Waals surface area contributed by atoms with Gasteiger partial charge in [-0.1, -0.05) is 13.8 Å². The Kier molecular flexibility index (Phi) is 4.36. The highest BCUT2D eigenvalue weighted by molar-refractivity contribution is 5.90. The molecule has 3 heterocycles. The van der Waals surface area contributed by atoms with Crippen LogP contribution >= 0.6 is 0 Å². The third kappa shape index (κ3) is 2.83. The molecule has 3 rings (SSSR count). The highest BCUT2D eigenvalue weighted by atomic mass is 15.2. The third-order valence-electron chi connectivity index (χ3n) is 4.07. The summed E-state index contributed by atoms with van der Waals surface area (Å²) in [5, 5.41) is 0. The molecule has 0 unspecified atom stereocenters. The molecule has 0 N–H and O–H groups in total. The van der Waals surface area contributed by atoms with Gasteiger partial charge >= 0.3 is 0 Å². The molecule has 0 radical (unpaired) electrons. The quantitative estimate of drug-likeness (QED) is 0.703. The number of hydrogen-bond acceptors (Lipinski definition) is 3. The predicted octanol–water partition coefficient (Wildman–Crippen LogP) is 1.49. The van der Waals surface area contributed by atoms with Gasteiger partial charge in [-0.3, -0.25) is 9.89 Å². The Labute approximate surface area is 99.5 Å². The number of aliphatic imine (C=N–C) groups is 1. The van der Waals surface area contributed by atoms with E-state index in [1.807, 2.05) is 0 Å². The largest absolute Gasteiger partial charge is 0.302 e. The number of likely N-dealkylation sites (N-methyl/N-ethyl adjacent to an activating group) is 1. The first-order valence-electron chi connectivity index (χ1n) is 6.81. The summed E-state index contributed by atoms with van der Waals surface area (Å²) in [4.78, 5) is 9.84. The van der Waals surface area contributed by atoms with Gasteiger partial charge in [0.05, 0.1) is 6.54 Å². The second kappa shape index (κ2) is 5.78. The predicted molar refractivity (Wildman–Crippen MR) is 69.3 cm³/mol. The first-order valence-corrected chi connectivity index (χ1v) is 6.81. The van der Waals surface area contributed by atoms with Crippen molar-refractivity contribution in [2.75, 3.05) is 45.8 Å². The summed E-state index contributed by atoms with van der Waals surface area (Å²) in [7, 11) is 0. The first-order chi connectivity index (χ1) is 7.83. The van der Waals surface area contributed by atoms with Gasteiger partial charge in [0.25, 0.3) is 0 Å². The normalized spacial score (nSPS) is 31.6. The van der Waals surface area contributed by atoms with Gasteiger partial charge in [-0.15, -0.1) is 0 Å². The summed E-state index contributed by atoms with van der Waals surface area (Å²) in [6, 6.07) is 0. The van der Waals surface area contributed by atoms with E-state index in [4.69, 9.17) is 4.99 Å². The van der Waals surface area contributed by atoms with Gasteiger partial charge in [0, 0.05) is 24.7 Å². The van der Waals surface area contributed by atoms with Crippen molar-refractivity contribution in [2.24, 2.45) is 10.9 Å². The second-order valence-electron chi connectivity index (χ2n) is 4.95. The van der Waals surface area contributed by atoms with Gasteiger partial charge < -0.3 is 4.90 Å². The Morgan fingerprint density at radius 2 is 1.94 bits per heavy atom. The van der Waals surface area contributed by atoms with Gasteiger partial charge in [0.15, 0.2) is 0 Å². The fourth-order valence-corrected chi connectivity index (χ4v) is 2.84. The van der Waals surface area contributed by atoms with Crippen LogP contribution in [0.1, 0.15) is 26.7 Å². The van der Waals surface area contributed by atoms with E-state index in [9.17, 15) is 0 Å². The Morgan fingerprint density at radius 3 is 2.44 bits per heavy atom. The van der Waals surface area contributed by atoms with E-state index >= 15 is 0 Å². The lowest BCUT2D eigenvalue weighted by atomic mass is 9.86. The van der Waals surface area contributed by atoms with Crippen LogP contribution in [0.25, 0.3) is 0 Å². The maximum atomic E-state index is 4.83. The van der Waals surface area contributed by atoms with E-state index in [0.717, 1.165) is 38.6 Å². The molecular weight excluding hydrogens is 198 g/mol. The molecule has 0 amide bonds. The Balaban J connectivity index is 1.79. The molecule has 92 valence electrons. The van der Waals surface area contributed by atoms with Crippen LogP contribution in [0.2, 0.25) is 0 Å². The molecule has 0 aromatic heterocycles. The van der Waals surface area contributed by atoms with Crippen LogP contribution in [0.4, 0.5) is 0 Å². The van der Waals surface area contributed by atoms with Crippen LogP contribution in [-0.4, -0.2) is 61.3 Å². The average Bonchev–Trinajstić information content (AvgIpc) is 2.36. The van der Waals surface area contributed by atoms with Crippen LogP contribution in [0.15, 0.2) is 4.99 Å². The van der Waals surface area contributed by atoms with E-state index in [0.29, 0.717) is 0 Å². The SMILES string of the molecule is CCN(CC)CCN=C1CN2CCC1CC2. The lowest BCUT2D eigenvalue weighted by molar-refractivity contribution is 0.199. The van der Waals surface area contributed by atoms with E-state index in [1.165, 1.54) is 31.6 Å². The molecule has 3 fully saturated rings. The molecule has 3 nitrogen and oxygen atoms in total. The van der Waals surface area contributed by atoms with Crippen molar-refractivity contribution >= 4 is 5.71 Å². The molecule has 0 aromatic rings. The Morgan fingerprint density at radius 1 is 1.25 bits per heavy atom. The van der Waals surface area contributed by atoms with Crippen LogP contribution in [0.3, 0.4) is 0 Å². The lowest BCUT2D eigenvalue weighted by Gasteiger charge is -2.40. The van der Waals surface area contributed by atoms with Crippen molar-refractivity contribution in [3.63, 3.8) is 0 Å². The van der Waals surface area contributed by atoms with E-state index in [-0.39, 0.29) is 0 Å². The molecule has 16 heavy (non-hydrogen) atoms. The van der Waals surface area contributed by atoms with E-state index < -0.39 is 0 Å². The third-order valence-corrected chi connectivity index (χ3v) is 4.07. The maximum absolute atomic E-state index is 4.83. The minimum Gasteiger partial charge on any atom is -0.302 e. The monoisotopic (exact) mass is 223 g/mol. The summed E-state index contributed by atoms with van der Waals surface area (Å²) in [5.41, 5.74) is 1.49. The van der Waals surface area contributed by atoms with Crippen molar-refractivity contribution in [3.8, 4) is 0 Å². The molecule has 2 bridgehead atoms. The zero-order valence-electron chi connectivity index (χ0n) is 10.8. The Bertz CT molecular complexity index is 238. The topological polar surface area (TPSA) is 18.8 Å². The highest BCUT2D eigenvalue weighted by Crippen LogP contribution is 2.25. The van der Waals surface area contributed by atoms with Gasteiger partial charge in [-0.2, -0.15) is 0 Å². The number of hydrogen-bond donors (Lipinski definition) is 0. The van der Waals surface area contributed by atoms with E-state index in [1.54, 1.807) is 0 Å². The minimum atomic E-state index is 0.821. The van der Waals surface area contributed by atoms with Gasteiger partial charge in [-0.25, -0.2) is 0 Å². The summed E-state index contributed by atoms with van der Waals surface area (Å²) in [5.74, 6) is 0.821. The van der Waals surface area contributed by atoms with Gasteiger partial charge in [0.1, 0.15) is 0 Å². The molecule has 0 aliphatic carbocycles.